The van der Waals surface area contributed by atoms with Crippen molar-refractivity contribution in [2.24, 2.45) is 5.92 Å². The molecule has 0 spiro atoms. The monoisotopic (exact) mass is 301 g/mol. The van der Waals surface area contributed by atoms with Gasteiger partial charge in [-0.05, 0) is 31.4 Å². The normalized spacial score (nSPS) is 19.9. The highest BCUT2D eigenvalue weighted by molar-refractivity contribution is 5.82. The second-order valence-corrected chi connectivity index (χ2v) is 6.64. The fourth-order valence-electron chi connectivity index (χ4n) is 3.53. The van der Waals surface area contributed by atoms with Crippen LogP contribution < -0.4 is 5.32 Å². The molecule has 0 heterocycles. The highest BCUT2D eigenvalue weighted by atomic mass is 16.1. The van der Waals surface area contributed by atoms with Crippen LogP contribution in [0.4, 0.5) is 5.69 Å². The van der Waals surface area contributed by atoms with Gasteiger partial charge in [0.15, 0.2) is 0 Å². The largest absolute Gasteiger partial charge is 0.382 e. The van der Waals surface area contributed by atoms with Crippen molar-refractivity contribution in [2.75, 3.05) is 5.32 Å². The highest BCUT2D eigenvalue weighted by Gasteiger charge is 2.29. The van der Waals surface area contributed by atoms with Crippen molar-refractivity contribution in [3.05, 3.63) is 30.3 Å². The van der Waals surface area contributed by atoms with Crippen LogP contribution in [0.2, 0.25) is 0 Å². The zero-order chi connectivity index (χ0) is 15.6. The molecule has 0 radical (unpaired) electrons. The summed E-state index contributed by atoms with van der Waals surface area (Å²) in [5.41, 5.74) is 1.15. The van der Waals surface area contributed by atoms with Crippen LogP contribution in [-0.4, -0.2) is 11.8 Å². The first-order valence-electron chi connectivity index (χ1n) is 9.15. The molecule has 0 aliphatic heterocycles. The van der Waals surface area contributed by atoms with Crippen LogP contribution in [0.3, 0.4) is 0 Å². The van der Waals surface area contributed by atoms with Crippen LogP contribution in [0.15, 0.2) is 30.3 Å². The molecule has 1 fully saturated rings. The molecule has 0 amide bonds. The Balaban J connectivity index is 1.92. The van der Waals surface area contributed by atoms with E-state index in [2.05, 4.69) is 36.5 Å². The number of ketones is 1. The number of nitrogens with one attached hydrogen (secondary N) is 1. The van der Waals surface area contributed by atoms with Crippen LogP contribution in [0.25, 0.3) is 0 Å². The van der Waals surface area contributed by atoms with E-state index in [1.165, 1.54) is 38.5 Å². The van der Waals surface area contributed by atoms with Crippen molar-refractivity contribution < 1.29 is 4.79 Å². The van der Waals surface area contributed by atoms with Crippen LogP contribution in [0, 0.1) is 5.92 Å². The number of anilines is 1. The summed E-state index contributed by atoms with van der Waals surface area (Å²) in [6, 6.07) is 10.7. The minimum Gasteiger partial charge on any atom is -0.382 e. The molecular weight excluding hydrogens is 270 g/mol. The van der Waals surface area contributed by atoms with Gasteiger partial charge in [-0.1, -0.05) is 63.6 Å². The first-order valence-corrected chi connectivity index (χ1v) is 9.15. The Labute approximate surface area is 135 Å². The van der Waals surface area contributed by atoms with E-state index in [0.29, 0.717) is 11.8 Å². The Morgan fingerprint density at radius 2 is 1.86 bits per heavy atom. The van der Waals surface area contributed by atoms with Crippen LogP contribution in [-0.2, 0) is 4.79 Å². The maximum atomic E-state index is 12.3. The second kappa shape index (κ2) is 9.66. The molecule has 2 atom stereocenters. The zero-order valence-corrected chi connectivity index (χ0v) is 14.0. The SMILES string of the molecule is CCCCCCC[C@H](Nc1ccccc1)[C@@H]1CCCCC1=O. The van der Waals surface area contributed by atoms with Crippen LogP contribution in [0.1, 0.15) is 71.1 Å². The van der Waals surface area contributed by atoms with Gasteiger partial charge in [0.2, 0.25) is 0 Å². The van der Waals surface area contributed by atoms with Crippen molar-refractivity contribution in [1.82, 2.24) is 0 Å². The lowest BCUT2D eigenvalue weighted by Crippen LogP contribution is -2.36. The number of para-hydroxylation sites is 1. The lowest BCUT2D eigenvalue weighted by atomic mass is 9.80. The molecule has 22 heavy (non-hydrogen) atoms. The molecule has 2 nitrogen and oxygen atoms in total. The Morgan fingerprint density at radius 1 is 1.09 bits per heavy atom. The van der Waals surface area contributed by atoms with Gasteiger partial charge in [-0.2, -0.15) is 0 Å². The number of unbranched alkanes of at least 4 members (excludes halogenated alkanes) is 4. The number of rotatable bonds is 9. The summed E-state index contributed by atoms with van der Waals surface area (Å²) < 4.78 is 0. The topological polar surface area (TPSA) is 29.1 Å². The third kappa shape index (κ3) is 5.47. The standard InChI is InChI=1S/C20H31NO/c1-2-3-4-5-9-15-19(18-14-10-11-16-20(18)22)21-17-12-7-6-8-13-17/h6-8,12-13,18-19,21H,2-5,9-11,14-16H2,1H3/t18-,19-/m0/s1. The third-order valence-corrected chi connectivity index (χ3v) is 4.83. The molecule has 2 rings (SSSR count). The fraction of sp³-hybridized carbons (Fsp3) is 0.650. The van der Waals surface area contributed by atoms with Gasteiger partial charge in [0.25, 0.3) is 0 Å². The highest BCUT2D eigenvalue weighted by Crippen LogP contribution is 2.28. The van der Waals surface area contributed by atoms with E-state index in [9.17, 15) is 4.79 Å². The van der Waals surface area contributed by atoms with Crippen molar-refractivity contribution >= 4 is 11.5 Å². The molecule has 1 saturated carbocycles. The van der Waals surface area contributed by atoms with Crippen LogP contribution in [0.5, 0.6) is 0 Å². The van der Waals surface area contributed by atoms with E-state index in [4.69, 9.17) is 0 Å². The zero-order valence-electron chi connectivity index (χ0n) is 14.0. The molecule has 1 aliphatic rings. The number of hydrogen-bond donors (Lipinski definition) is 1. The Morgan fingerprint density at radius 3 is 2.59 bits per heavy atom. The Kier molecular flexibility index (Phi) is 7.48. The lowest BCUT2D eigenvalue weighted by Gasteiger charge is -2.30. The van der Waals surface area contributed by atoms with Gasteiger partial charge in [-0.15, -0.1) is 0 Å². The second-order valence-electron chi connectivity index (χ2n) is 6.64. The molecule has 0 aromatic heterocycles. The van der Waals surface area contributed by atoms with Gasteiger partial charge in [0.1, 0.15) is 5.78 Å². The lowest BCUT2D eigenvalue weighted by molar-refractivity contribution is -0.125. The summed E-state index contributed by atoms with van der Waals surface area (Å²) in [6.45, 7) is 2.25. The minimum atomic E-state index is 0.222. The number of carbonyl (C=O) groups is 1. The summed E-state index contributed by atoms with van der Waals surface area (Å²) in [5.74, 6) is 0.702. The van der Waals surface area contributed by atoms with E-state index in [0.717, 1.165) is 31.4 Å². The van der Waals surface area contributed by atoms with Crippen LogP contribution >= 0.6 is 0 Å². The average molecular weight is 301 g/mol. The molecule has 122 valence electrons. The molecule has 1 aromatic carbocycles. The summed E-state index contributed by atoms with van der Waals surface area (Å²) in [4.78, 5) is 12.3. The van der Waals surface area contributed by atoms with E-state index < -0.39 is 0 Å². The van der Waals surface area contributed by atoms with E-state index >= 15 is 0 Å². The maximum absolute atomic E-state index is 12.3. The first kappa shape index (κ1) is 17.1. The van der Waals surface area contributed by atoms with Crippen molar-refractivity contribution in [3.63, 3.8) is 0 Å². The minimum absolute atomic E-state index is 0.222. The van der Waals surface area contributed by atoms with Crippen molar-refractivity contribution in [2.45, 2.75) is 77.2 Å². The van der Waals surface area contributed by atoms with Crippen molar-refractivity contribution in [3.8, 4) is 0 Å². The number of carbonyl (C=O) groups excluding carboxylic acids is 1. The number of Topliss-reactive ketones (excluding diaryl/α,β-unsaturated/α-hetero) is 1. The molecule has 0 bridgehead atoms. The predicted octanol–water partition coefficient (Wildman–Crippen LogP) is 5.59. The van der Waals surface area contributed by atoms with Gasteiger partial charge in [0.05, 0.1) is 0 Å². The van der Waals surface area contributed by atoms with Gasteiger partial charge in [0, 0.05) is 24.1 Å². The molecule has 1 N–H and O–H groups in total. The van der Waals surface area contributed by atoms with Gasteiger partial charge in [-0.25, -0.2) is 0 Å². The maximum Gasteiger partial charge on any atom is 0.138 e. The van der Waals surface area contributed by atoms with Crippen molar-refractivity contribution in [1.29, 1.82) is 0 Å². The molecule has 0 unspecified atom stereocenters. The van der Waals surface area contributed by atoms with E-state index in [-0.39, 0.29) is 5.92 Å². The summed E-state index contributed by atoms with van der Waals surface area (Å²) in [5, 5.41) is 3.65. The molecular formula is C20H31NO. The summed E-state index contributed by atoms with van der Waals surface area (Å²) >= 11 is 0. The third-order valence-electron chi connectivity index (χ3n) is 4.83. The smallest absolute Gasteiger partial charge is 0.138 e. The van der Waals surface area contributed by atoms with Gasteiger partial charge < -0.3 is 5.32 Å². The Bertz CT molecular complexity index is 429. The van der Waals surface area contributed by atoms with E-state index in [1.807, 2.05) is 6.07 Å². The average Bonchev–Trinajstić information content (AvgIpc) is 2.55. The molecule has 0 saturated heterocycles. The molecule has 2 heteroatoms. The summed E-state index contributed by atoms with van der Waals surface area (Å²) in [7, 11) is 0. The molecule has 1 aromatic rings. The quantitative estimate of drug-likeness (QED) is 0.603. The Hall–Kier alpha value is -1.31. The number of benzene rings is 1. The fourth-order valence-corrected chi connectivity index (χ4v) is 3.53. The summed E-state index contributed by atoms with van der Waals surface area (Å²) in [6.07, 6.45) is 11.7. The van der Waals surface area contributed by atoms with Gasteiger partial charge >= 0.3 is 0 Å². The van der Waals surface area contributed by atoms with Gasteiger partial charge in [-0.3, -0.25) is 4.79 Å². The first-order chi connectivity index (χ1) is 10.8. The number of hydrogen-bond acceptors (Lipinski definition) is 2. The van der Waals surface area contributed by atoms with E-state index in [1.54, 1.807) is 0 Å². The molecule has 1 aliphatic carbocycles. The predicted molar refractivity (Wildman–Crippen MR) is 94.2 cm³/mol.